The van der Waals surface area contributed by atoms with Crippen LogP contribution in [0.4, 0.5) is 10.2 Å². The molecule has 2 aliphatic rings. The molecule has 1 aromatic carbocycles. The normalized spacial score (nSPS) is 20.1. The summed E-state index contributed by atoms with van der Waals surface area (Å²) in [5.74, 6) is -0.336. The summed E-state index contributed by atoms with van der Waals surface area (Å²) < 4.78 is 20.8. The summed E-state index contributed by atoms with van der Waals surface area (Å²) in [6.45, 7) is 2.11. The lowest BCUT2D eigenvalue weighted by Gasteiger charge is -2.33. The first kappa shape index (κ1) is 19.8. The smallest absolute Gasteiger partial charge is 0.253 e. The van der Waals surface area contributed by atoms with Crippen LogP contribution >= 0.6 is 11.6 Å². The van der Waals surface area contributed by atoms with Gasteiger partial charge in [0.15, 0.2) is 0 Å². The van der Waals surface area contributed by atoms with E-state index in [9.17, 15) is 14.0 Å². The van der Waals surface area contributed by atoms with E-state index in [-0.39, 0.29) is 34.4 Å². The Kier molecular flexibility index (Phi) is 5.82. The number of ether oxygens (including phenoxy) is 1. The molecule has 1 N–H and O–H groups in total. The summed E-state index contributed by atoms with van der Waals surface area (Å²) in [4.78, 5) is 26.7. The zero-order chi connectivity index (χ0) is 20.4. The fourth-order valence-corrected chi connectivity index (χ4v) is 3.92. The standard InChI is InChI=1S/C20H22ClFN4O3/c21-16-2-1-13(11-17(16)22)20(28)25-8-4-15(5-9-25)26-18(3-7-23-26)24-19(27)14-6-10-29-12-14/h1-3,7,11,14-15H,4-6,8-10,12H2,(H,24,27)/t14-/m0/s1. The molecule has 0 unspecified atom stereocenters. The van der Waals surface area contributed by atoms with E-state index in [1.165, 1.54) is 18.2 Å². The van der Waals surface area contributed by atoms with Crippen molar-refractivity contribution in [3.05, 3.63) is 46.9 Å². The Bertz CT molecular complexity index is 905. The SMILES string of the molecule is O=C(Nc1ccnn1C1CCN(C(=O)c2ccc(Cl)c(F)c2)CC1)[C@H]1CCOC1. The molecule has 3 heterocycles. The lowest BCUT2D eigenvalue weighted by atomic mass is 10.0. The molecule has 2 amide bonds. The number of nitrogens with one attached hydrogen (secondary N) is 1. The molecule has 0 saturated carbocycles. The molecule has 0 spiro atoms. The van der Waals surface area contributed by atoms with Crippen molar-refractivity contribution in [3.8, 4) is 0 Å². The number of likely N-dealkylation sites (tertiary alicyclic amines) is 1. The van der Waals surface area contributed by atoms with Gasteiger partial charge < -0.3 is 15.0 Å². The predicted octanol–water partition coefficient (Wildman–Crippen LogP) is 3.13. The van der Waals surface area contributed by atoms with Crippen molar-refractivity contribution >= 4 is 29.2 Å². The number of amides is 2. The molecular formula is C20H22ClFN4O3. The van der Waals surface area contributed by atoms with Gasteiger partial charge in [-0.3, -0.25) is 9.59 Å². The van der Waals surface area contributed by atoms with E-state index in [0.717, 1.165) is 6.42 Å². The summed E-state index contributed by atoms with van der Waals surface area (Å²) in [6.07, 6.45) is 3.78. The zero-order valence-electron chi connectivity index (χ0n) is 15.8. The topological polar surface area (TPSA) is 76.5 Å². The Balaban J connectivity index is 1.37. The second-order valence-electron chi connectivity index (χ2n) is 7.36. The Hall–Kier alpha value is -2.45. The van der Waals surface area contributed by atoms with Gasteiger partial charge in [0.2, 0.25) is 5.91 Å². The maximum atomic E-state index is 13.7. The first-order valence-electron chi connectivity index (χ1n) is 9.69. The van der Waals surface area contributed by atoms with Crippen molar-refractivity contribution in [1.82, 2.24) is 14.7 Å². The van der Waals surface area contributed by atoms with Gasteiger partial charge in [-0.25, -0.2) is 9.07 Å². The molecule has 0 bridgehead atoms. The van der Waals surface area contributed by atoms with Crippen molar-refractivity contribution in [2.75, 3.05) is 31.6 Å². The second-order valence-corrected chi connectivity index (χ2v) is 7.77. The predicted molar refractivity (Wildman–Crippen MR) is 105 cm³/mol. The largest absolute Gasteiger partial charge is 0.381 e. The van der Waals surface area contributed by atoms with E-state index in [0.29, 0.717) is 45.0 Å². The third-order valence-electron chi connectivity index (χ3n) is 5.49. The summed E-state index contributed by atoms with van der Waals surface area (Å²) in [7, 11) is 0. The van der Waals surface area contributed by atoms with E-state index >= 15 is 0 Å². The zero-order valence-corrected chi connectivity index (χ0v) is 16.6. The minimum absolute atomic E-state index is 0.00215. The van der Waals surface area contributed by atoms with Crippen LogP contribution < -0.4 is 5.32 Å². The third kappa shape index (κ3) is 4.28. The molecule has 9 heteroatoms. The molecular weight excluding hydrogens is 399 g/mol. The summed E-state index contributed by atoms with van der Waals surface area (Å²) >= 11 is 5.69. The van der Waals surface area contributed by atoms with Crippen LogP contribution in [0.1, 0.15) is 35.7 Å². The van der Waals surface area contributed by atoms with Gasteiger partial charge in [-0.1, -0.05) is 11.6 Å². The molecule has 2 fully saturated rings. The summed E-state index contributed by atoms with van der Waals surface area (Å²) in [5.41, 5.74) is 0.288. The van der Waals surface area contributed by atoms with Crippen LogP contribution in [-0.2, 0) is 9.53 Å². The van der Waals surface area contributed by atoms with Crippen LogP contribution in [-0.4, -0.2) is 52.8 Å². The number of nitrogens with zero attached hydrogens (tertiary/aromatic N) is 3. The van der Waals surface area contributed by atoms with Crippen molar-refractivity contribution in [1.29, 1.82) is 0 Å². The number of carbonyl (C=O) groups is 2. The molecule has 2 aromatic rings. The number of benzene rings is 1. The van der Waals surface area contributed by atoms with Gasteiger partial charge in [0.05, 0.1) is 29.8 Å². The lowest BCUT2D eigenvalue weighted by molar-refractivity contribution is -0.119. The quantitative estimate of drug-likeness (QED) is 0.824. The van der Waals surface area contributed by atoms with Gasteiger partial charge in [-0.15, -0.1) is 0 Å². The van der Waals surface area contributed by atoms with E-state index < -0.39 is 5.82 Å². The Labute approximate surface area is 172 Å². The molecule has 2 aliphatic heterocycles. The highest BCUT2D eigenvalue weighted by Crippen LogP contribution is 2.27. The van der Waals surface area contributed by atoms with Gasteiger partial charge in [0.25, 0.3) is 5.91 Å². The first-order chi connectivity index (χ1) is 14.0. The highest BCUT2D eigenvalue weighted by Gasteiger charge is 2.28. The van der Waals surface area contributed by atoms with Crippen LogP contribution in [0.2, 0.25) is 5.02 Å². The van der Waals surface area contributed by atoms with E-state index in [4.69, 9.17) is 16.3 Å². The van der Waals surface area contributed by atoms with Gasteiger partial charge in [-0.2, -0.15) is 5.10 Å². The number of hydrogen-bond donors (Lipinski definition) is 1. The summed E-state index contributed by atoms with van der Waals surface area (Å²) in [5, 5.41) is 7.32. The fourth-order valence-electron chi connectivity index (χ4n) is 3.80. The molecule has 1 atom stereocenters. The number of anilines is 1. The van der Waals surface area contributed by atoms with Crippen LogP contribution in [0.15, 0.2) is 30.5 Å². The minimum Gasteiger partial charge on any atom is -0.381 e. The van der Waals surface area contributed by atoms with Crippen LogP contribution in [0.25, 0.3) is 0 Å². The number of piperidine rings is 1. The lowest BCUT2D eigenvalue weighted by Crippen LogP contribution is -2.39. The molecule has 4 rings (SSSR count). The monoisotopic (exact) mass is 420 g/mol. The van der Waals surface area contributed by atoms with Crippen molar-refractivity contribution in [2.45, 2.75) is 25.3 Å². The maximum absolute atomic E-state index is 13.7. The molecule has 0 aliphatic carbocycles. The molecule has 2 saturated heterocycles. The van der Waals surface area contributed by atoms with Gasteiger partial charge in [-0.05, 0) is 37.5 Å². The minimum atomic E-state index is -0.600. The van der Waals surface area contributed by atoms with Crippen LogP contribution in [0.3, 0.4) is 0 Å². The Morgan fingerprint density at radius 3 is 2.69 bits per heavy atom. The molecule has 154 valence electrons. The van der Waals surface area contributed by atoms with E-state index in [1.807, 2.05) is 4.68 Å². The number of rotatable bonds is 4. The van der Waals surface area contributed by atoms with E-state index in [1.54, 1.807) is 17.2 Å². The average molecular weight is 421 g/mol. The maximum Gasteiger partial charge on any atom is 0.253 e. The first-order valence-corrected chi connectivity index (χ1v) is 10.1. The number of hydrogen-bond acceptors (Lipinski definition) is 4. The van der Waals surface area contributed by atoms with Crippen LogP contribution in [0, 0.1) is 11.7 Å². The Morgan fingerprint density at radius 1 is 1.21 bits per heavy atom. The molecule has 29 heavy (non-hydrogen) atoms. The van der Waals surface area contributed by atoms with Gasteiger partial charge >= 0.3 is 0 Å². The Morgan fingerprint density at radius 2 is 2.00 bits per heavy atom. The van der Waals surface area contributed by atoms with Crippen LogP contribution in [0.5, 0.6) is 0 Å². The van der Waals surface area contributed by atoms with E-state index in [2.05, 4.69) is 10.4 Å². The van der Waals surface area contributed by atoms with Gasteiger partial charge in [0.1, 0.15) is 11.6 Å². The van der Waals surface area contributed by atoms with Crippen molar-refractivity contribution in [3.63, 3.8) is 0 Å². The van der Waals surface area contributed by atoms with Gasteiger partial charge in [0, 0.05) is 31.3 Å². The highest BCUT2D eigenvalue weighted by molar-refractivity contribution is 6.30. The number of aromatic nitrogens is 2. The highest BCUT2D eigenvalue weighted by atomic mass is 35.5. The second kappa shape index (κ2) is 8.51. The third-order valence-corrected chi connectivity index (χ3v) is 5.79. The molecule has 0 radical (unpaired) electrons. The number of halogens is 2. The average Bonchev–Trinajstić information content (AvgIpc) is 3.42. The number of carbonyl (C=O) groups excluding carboxylic acids is 2. The van der Waals surface area contributed by atoms with Crippen molar-refractivity contribution < 1.29 is 18.7 Å². The van der Waals surface area contributed by atoms with Crippen molar-refractivity contribution in [2.24, 2.45) is 5.92 Å². The summed E-state index contributed by atoms with van der Waals surface area (Å²) in [6, 6.07) is 5.96. The molecule has 1 aromatic heterocycles. The molecule has 7 nitrogen and oxygen atoms in total. The fraction of sp³-hybridized carbons (Fsp3) is 0.450.